The third-order valence-corrected chi connectivity index (χ3v) is 7.76. The molecule has 2 aliphatic heterocycles. The maximum absolute atomic E-state index is 15.4. The van der Waals surface area contributed by atoms with Crippen LogP contribution in [-0.2, 0) is 11.3 Å². The second-order valence-corrected chi connectivity index (χ2v) is 10.8. The summed E-state index contributed by atoms with van der Waals surface area (Å²) >= 11 is 0. The molecule has 0 bridgehead atoms. The number of hydrogen-bond donors (Lipinski definition) is 2. The third-order valence-electron chi connectivity index (χ3n) is 7.76. The quantitative estimate of drug-likeness (QED) is 0.278. The first-order chi connectivity index (χ1) is 21.8. The van der Waals surface area contributed by atoms with Crippen molar-refractivity contribution in [1.29, 1.82) is 5.26 Å². The van der Waals surface area contributed by atoms with Gasteiger partial charge in [0, 0.05) is 19.3 Å². The van der Waals surface area contributed by atoms with Gasteiger partial charge in [0.15, 0.2) is 17.5 Å². The molecule has 2 N–H and O–H groups in total. The minimum absolute atomic E-state index is 0.0209. The van der Waals surface area contributed by atoms with Gasteiger partial charge in [0.1, 0.15) is 12.7 Å². The van der Waals surface area contributed by atoms with Crippen LogP contribution in [0.5, 0.6) is 0 Å². The highest BCUT2D eigenvalue weighted by Gasteiger charge is 2.46. The number of pyridine rings is 2. The molecule has 45 heavy (non-hydrogen) atoms. The highest BCUT2D eigenvalue weighted by Crippen LogP contribution is 2.31. The monoisotopic (exact) mass is 605 g/mol. The topological polar surface area (TPSA) is 141 Å². The zero-order valence-corrected chi connectivity index (χ0v) is 24.2. The first-order valence-electron chi connectivity index (χ1n) is 14.3. The van der Waals surface area contributed by atoms with E-state index in [9.17, 15) is 19.6 Å². The van der Waals surface area contributed by atoms with Crippen molar-refractivity contribution in [2.45, 2.75) is 32.0 Å². The summed E-state index contributed by atoms with van der Waals surface area (Å²) in [4.78, 5) is 51.3. The second-order valence-electron chi connectivity index (χ2n) is 10.8. The van der Waals surface area contributed by atoms with Crippen molar-refractivity contribution in [1.82, 2.24) is 19.8 Å². The lowest BCUT2D eigenvalue weighted by molar-refractivity contribution is 0.0400. The van der Waals surface area contributed by atoms with Crippen LogP contribution in [0.4, 0.5) is 26.5 Å². The van der Waals surface area contributed by atoms with Crippen LogP contribution in [0.2, 0.25) is 0 Å². The molecule has 0 aliphatic carbocycles. The number of benzene rings is 2. The number of carbonyl (C=O) groups excluding carboxylic acids is 3. The van der Waals surface area contributed by atoms with E-state index in [-0.39, 0.29) is 54.4 Å². The molecule has 0 radical (unpaired) electrons. The number of piperidine rings is 1. The lowest BCUT2D eigenvalue weighted by Crippen LogP contribution is -2.60. The van der Waals surface area contributed by atoms with Crippen LogP contribution in [0, 0.1) is 24.1 Å². The van der Waals surface area contributed by atoms with Gasteiger partial charge in [-0.3, -0.25) is 19.5 Å². The smallest absolute Gasteiger partial charge is 0.410 e. The SMILES string of the molecule is Cc1cncc(Nc2nc(NC3CCN(C(=O)OCc4ccccc4)C[C@@H]3N3C(=O)c4ccccc4C3=O)c(F)cc2C#N)c1. The molecule has 4 heterocycles. The molecule has 12 heteroatoms. The van der Waals surface area contributed by atoms with E-state index in [0.717, 1.165) is 22.1 Å². The maximum atomic E-state index is 15.4. The summed E-state index contributed by atoms with van der Waals surface area (Å²) in [6.45, 7) is 2.08. The summed E-state index contributed by atoms with van der Waals surface area (Å²) < 4.78 is 20.9. The number of fused-ring (bicyclic) bond motifs is 1. The van der Waals surface area contributed by atoms with Crippen molar-refractivity contribution in [3.8, 4) is 6.07 Å². The third kappa shape index (κ3) is 6.01. The van der Waals surface area contributed by atoms with Crippen LogP contribution in [-0.4, -0.2) is 62.8 Å². The summed E-state index contributed by atoms with van der Waals surface area (Å²) in [6.07, 6.45) is 2.87. The highest BCUT2D eigenvalue weighted by molar-refractivity contribution is 6.21. The van der Waals surface area contributed by atoms with Gasteiger partial charge >= 0.3 is 6.09 Å². The Hall–Kier alpha value is -5.83. The van der Waals surface area contributed by atoms with Gasteiger partial charge in [-0.05, 0) is 48.7 Å². The molecule has 1 fully saturated rings. The van der Waals surface area contributed by atoms with Gasteiger partial charge in [0.05, 0.1) is 40.7 Å². The van der Waals surface area contributed by atoms with Crippen LogP contribution in [0.25, 0.3) is 0 Å². The van der Waals surface area contributed by atoms with Gasteiger partial charge in [-0.2, -0.15) is 5.26 Å². The number of hydrogen-bond acceptors (Lipinski definition) is 9. The lowest BCUT2D eigenvalue weighted by atomic mass is 9.97. The van der Waals surface area contributed by atoms with E-state index < -0.39 is 35.8 Å². The molecule has 2 atom stereocenters. The fourth-order valence-corrected chi connectivity index (χ4v) is 5.55. The number of anilines is 3. The first kappa shape index (κ1) is 29.3. The van der Waals surface area contributed by atoms with Crippen molar-refractivity contribution >= 4 is 35.2 Å². The zero-order valence-electron chi connectivity index (χ0n) is 24.2. The van der Waals surface area contributed by atoms with E-state index in [0.29, 0.717) is 5.69 Å². The Morgan fingerprint density at radius 2 is 1.76 bits per heavy atom. The number of ether oxygens (including phenoxy) is 1. The van der Waals surface area contributed by atoms with Crippen molar-refractivity contribution in [2.24, 2.45) is 0 Å². The number of nitrogens with zero attached hydrogens (tertiary/aromatic N) is 5. The molecule has 0 spiro atoms. The summed E-state index contributed by atoms with van der Waals surface area (Å²) in [5, 5.41) is 15.7. The van der Waals surface area contributed by atoms with Gasteiger partial charge in [0.25, 0.3) is 11.8 Å². The normalized spacial score (nSPS) is 17.4. The standard InChI is InChI=1S/C33H28FN7O4/c1-20-13-23(17-36-16-20)37-29-22(15-35)14-26(34)30(39-29)38-27-11-12-40(33(44)45-19-21-7-3-2-4-8-21)18-28(27)41-31(42)24-9-5-6-10-25(24)32(41)43/h2-10,13-14,16-17,27-28H,11-12,18-19H2,1H3,(H2,37,38,39)/t27?,28-/m0/s1. The first-order valence-corrected chi connectivity index (χ1v) is 14.3. The fraction of sp³-hybridized carbons (Fsp3) is 0.212. The Balaban J connectivity index is 1.28. The number of rotatable bonds is 7. The Morgan fingerprint density at radius 3 is 2.44 bits per heavy atom. The number of imide groups is 1. The summed E-state index contributed by atoms with van der Waals surface area (Å²) in [5.74, 6) is -1.87. The van der Waals surface area contributed by atoms with Crippen molar-refractivity contribution < 1.29 is 23.5 Å². The number of aromatic nitrogens is 2. The molecule has 0 saturated carbocycles. The molecule has 11 nitrogen and oxygen atoms in total. The summed E-state index contributed by atoms with van der Waals surface area (Å²) in [6, 6.07) is 19.0. The molecular formula is C33H28FN7O4. The average molecular weight is 606 g/mol. The zero-order chi connectivity index (χ0) is 31.5. The number of nitrogens with one attached hydrogen (secondary N) is 2. The molecule has 2 aromatic carbocycles. The van der Waals surface area contributed by atoms with E-state index in [2.05, 4.69) is 20.6 Å². The van der Waals surface area contributed by atoms with Crippen molar-refractivity contribution in [2.75, 3.05) is 23.7 Å². The average Bonchev–Trinajstić information content (AvgIpc) is 3.31. The van der Waals surface area contributed by atoms with Crippen molar-refractivity contribution in [3.63, 3.8) is 0 Å². The van der Waals surface area contributed by atoms with Crippen LogP contribution in [0.3, 0.4) is 0 Å². The maximum Gasteiger partial charge on any atom is 0.410 e. The van der Waals surface area contributed by atoms with Gasteiger partial charge < -0.3 is 20.3 Å². The summed E-state index contributed by atoms with van der Waals surface area (Å²) in [5.41, 5.74) is 2.73. The molecular weight excluding hydrogens is 577 g/mol. The molecule has 3 amide bonds. The van der Waals surface area contributed by atoms with E-state index >= 15 is 4.39 Å². The van der Waals surface area contributed by atoms with Crippen molar-refractivity contribution in [3.05, 3.63) is 113 Å². The number of amides is 3. The molecule has 4 aromatic rings. The van der Waals surface area contributed by atoms with E-state index in [1.165, 1.54) is 4.90 Å². The minimum Gasteiger partial charge on any atom is -0.445 e. The number of likely N-dealkylation sites (tertiary alicyclic amines) is 1. The van der Waals surface area contributed by atoms with Gasteiger partial charge in [-0.15, -0.1) is 0 Å². The largest absolute Gasteiger partial charge is 0.445 e. The predicted octanol–water partition coefficient (Wildman–Crippen LogP) is 5.03. The van der Waals surface area contributed by atoms with Crippen LogP contribution < -0.4 is 10.6 Å². The minimum atomic E-state index is -0.885. The van der Waals surface area contributed by atoms with Gasteiger partial charge in [-0.25, -0.2) is 14.2 Å². The Labute approximate surface area is 258 Å². The van der Waals surface area contributed by atoms with Crippen LogP contribution in [0.1, 0.15) is 43.8 Å². The molecule has 1 unspecified atom stereocenters. The fourth-order valence-electron chi connectivity index (χ4n) is 5.55. The molecule has 2 aliphatic rings. The Bertz CT molecular complexity index is 1790. The highest BCUT2D eigenvalue weighted by atomic mass is 19.1. The lowest BCUT2D eigenvalue weighted by Gasteiger charge is -2.41. The van der Waals surface area contributed by atoms with Crippen LogP contribution >= 0.6 is 0 Å². The number of aryl methyl sites for hydroxylation is 1. The predicted molar refractivity (Wildman–Crippen MR) is 162 cm³/mol. The number of halogens is 1. The van der Waals surface area contributed by atoms with E-state index in [1.54, 1.807) is 42.7 Å². The number of nitriles is 1. The Morgan fingerprint density at radius 1 is 1.04 bits per heavy atom. The molecule has 1 saturated heterocycles. The van der Waals surface area contributed by atoms with E-state index in [4.69, 9.17) is 4.74 Å². The molecule has 2 aromatic heterocycles. The summed E-state index contributed by atoms with van der Waals surface area (Å²) in [7, 11) is 0. The van der Waals surface area contributed by atoms with Gasteiger partial charge in [-0.1, -0.05) is 42.5 Å². The van der Waals surface area contributed by atoms with E-state index in [1.807, 2.05) is 43.3 Å². The molecule has 6 rings (SSSR count). The number of carbonyl (C=O) groups is 3. The Kier molecular flexibility index (Phi) is 8.07. The second kappa shape index (κ2) is 12.4. The molecule has 226 valence electrons. The van der Waals surface area contributed by atoms with Gasteiger partial charge in [0.2, 0.25) is 0 Å². The van der Waals surface area contributed by atoms with Crippen LogP contribution in [0.15, 0.2) is 79.1 Å².